The molecular formula is C20H23FN2O2. The molecule has 1 fully saturated rings. The van der Waals surface area contributed by atoms with E-state index in [1.807, 2.05) is 23.1 Å². The first kappa shape index (κ1) is 17.4. The lowest BCUT2D eigenvalue weighted by Crippen LogP contribution is -2.52. The number of amides is 1. The largest absolute Gasteiger partial charge is 0.481 e. The molecule has 1 aliphatic heterocycles. The molecule has 25 heavy (non-hydrogen) atoms. The van der Waals surface area contributed by atoms with Crippen LogP contribution in [0.1, 0.15) is 18.5 Å². The van der Waals surface area contributed by atoms with Gasteiger partial charge in [-0.15, -0.1) is 0 Å². The molecule has 0 saturated carbocycles. The minimum atomic E-state index is -0.625. The fraction of sp³-hybridized carbons (Fsp3) is 0.350. The number of rotatable bonds is 4. The molecule has 0 aromatic heterocycles. The zero-order valence-electron chi connectivity index (χ0n) is 14.6. The molecule has 2 aromatic rings. The van der Waals surface area contributed by atoms with Gasteiger partial charge >= 0.3 is 0 Å². The lowest BCUT2D eigenvalue weighted by atomic mass is 10.0. The van der Waals surface area contributed by atoms with Gasteiger partial charge in [-0.2, -0.15) is 0 Å². The number of hydrogen-bond acceptors (Lipinski definition) is 3. The third-order valence-electron chi connectivity index (χ3n) is 4.53. The van der Waals surface area contributed by atoms with Gasteiger partial charge in [0.05, 0.1) is 6.04 Å². The molecule has 1 heterocycles. The SMILES string of the molecule is C[C@@H](Oc1ccc(F)cc1)C(=O)N1CCN(C)C[C@H]1c1ccccc1. The van der Waals surface area contributed by atoms with Crippen molar-refractivity contribution in [2.75, 3.05) is 26.7 Å². The molecular weight excluding hydrogens is 319 g/mol. The number of benzene rings is 2. The predicted octanol–water partition coefficient (Wildman–Crippen LogP) is 3.11. The number of likely N-dealkylation sites (N-methyl/N-ethyl adjacent to an activating group) is 1. The van der Waals surface area contributed by atoms with E-state index in [1.165, 1.54) is 24.3 Å². The predicted molar refractivity (Wildman–Crippen MR) is 94.9 cm³/mol. The molecule has 0 aliphatic carbocycles. The molecule has 1 aliphatic rings. The molecule has 3 rings (SSSR count). The monoisotopic (exact) mass is 342 g/mol. The maximum absolute atomic E-state index is 13.0. The second-order valence-electron chi connectivity index (χ2n) is 6.43. The summed E-state index contributed by atoms with van der Waals surface area (Å²) in [5, 5.41) is 0. The Morgan fingerprint density at radius 1 is 1.12 bits per heavy atom. The van der Waals surface area contributed by atoms with E-state index >= 15 is 0 Å². The Balaban J connectivity index is 1.75. The lowest BCUT2D eigenvalue weighted by Gasteiger charge is -2.41. The van der Waals surface area contributed by atoms with Crippen LogP contribution in [0, 0.1) is 5.82 Å². The highest BCUT2D eigenvalue weighted by molar-refractivity contribution is 5.81. The smallest absolute Gasteiger partial charge is 0.263 e. The minimum absolute atomic E-state index is 0.00622. The quantitative estimate of drug-likeness (QED) is 0.856. The molecule has 5 heteroatoms. The van der Waals surface area contributed by atoms with Crippen LogP contribution in [0.25, 0.3) is 0 Å². The summed E-state index contributed by atoms with van der Waals surface area (Å²) in [5.41, 5.74) is 1.12. The van der Waals surface area contributed by atoms with Gasteiger partial charge in [0.25, 0.3) is 5.91 Å². The zero-order valence-corrected chi connectivity index (χ0v) is 14.6. The van der Waals surface area contributed by atoms with Crippen LogP contribution >= 0.6 is 0 Å². The maximum atomic E-state index is 13.0. The van der Waals surface area contributed by atoms with E-state index in [2.05, 4.69) is 24.1 Å². The number of hydrogen-bond donors (Lipinski definition) is 0. The first-order valence-electron chi connectivity index (χ1n) is 8.51. The average molecular weight is 342 g/mol. The van der Waals surface area contributed by atoms with Crippen LogP contribution in [0.2, 0.25) is 0 Å². The fourth-order valence-corrected chi connectivity index (χ4v) is 3.14. The molecule has 1 amide bonds. The van der Waals surface area contributed by atoms with Crippen molar-refractivity contribution >= 4 is 5.91 Å². The summed E-state index contributed by atoms with van der Waals surface area (Å²) in [6.07, 6.45) is -0.625. The fourth-order valence-electron chi connectivity index (χ4n) is 3.14. The number of piperazine rings is 1. The van der Waals surface area contributed by atoms with Crippen molar-refractivity contribution in [1.82, 2.24) is 9.80 Å². The van der Waals surface area contributed by atoms with Crippen molar-refractivity contribution in [2.45, 2.75) is 19.1 Å². The van der Waals surface area contributed by atoms with E-state index in [4.69, 9.17) is 4.74 Å². The molecule has 0 N–H and O–H groups in total. The highest BCUT2D eigenvalue weighted by Gasteiger charge is 2.33. The van der Waals surface area contributed by atoms with Crippen molar-refractivity contribution < 1.29 is 13.9 Å². The van der Waals surface area contributed by atoms with Crippen LogP contribution in [0.4, 0.5) is 4.39 Å². The summed E-state index contributed by atoms with van der Waals surface area (Å²) in [5.74, 6) is 0.119. The van der Waals surface area contributed by atoms with Gasteiger partial charge < -0.3 is 14.5 Å². The Morgan fingerprint density at radius 2 is 1.80 bits per heavy atom. The Labute approximate surface area is 147 Å². The van der Waals surface area contributed by atoms with E-state index in [0.29, 0.717) is 12.3 Å². The van der Waals surface area contributed by atoms with E-state index in [9.17, 15) is 9.18 Å². The summed E-state index contributed by atoms with van der Waals surface area (Å²) in [7, 11) is 2.07. The summed E-state index contributed by atoms with van der Waals surface area (Å²) in [6, 6.07) is 15.8. The molecule has 2 aromatic carbocycles. The van der Waals surface area contributed by atoms with Crippen molar-refractivity contribution in [3.63, 3.8) is 0 Å². The zero-order chi connectivity index (χ0) is 17.8. The van der Waals surface area contributed by atoms with Crippen LogP contribution in [-0.4, -0.2) is 48.5 Å². The molecule has 132 valence electrons. The van der Waals surface area contributed by atoms with Gasteiger partial charge in [-0.1, -0.05) is 30.3 Å². The number of nitrogens with zero attached hydrogens (tertiary/aromatic N) is 2. The molecule has 0 bridgehead atoms. The maximum Gasteiger partial charge on any atom is 0.263 e. The lowest BCUT2D eigenvalue weighted by molar-refractivity contribution is -0.143. The van der Waals surface area contributed by atoms with Gasteiger partial charge in [-0.05, 0) is 43.8 Å². The van der Waals surface area contributed by atoms with E-state index in [-0.39, 0.29) is 17.8 Å². The second kappa shape index (κ2) is 7.66. The number of halogens is 1. The van der Waals surface area contributed by atoms with Gasteiger partial charge in [-0.25, -0.2) is 4.39 Å². The standard InChI is InChI=1S/C20H23FN2O2/c1-15(25-18-10-8-17(21)9-11-18)20(24)23-13-12-22(2)14-19(23)16-6-4-3-5-7-16/h3-11,15,19H,12-14H2,1-2H3/t15-,19+/m1/s1. The van der Waals surface area contributed by atoms with Gasteiger partial charge in [0.2, 0.25) is 0 Å². The van der Waals surface area contributed by atoms with Crippen molar-refractivity contribution in [3.8, 4) is 5.75 Å². The van der Waals surface area contributed by atoms with E-state index in [0.717, 1.165) is 18.7 Å². The van der Waals surface area contributed by atoms with Crippen LogP contribution in [0.5, 0.6) is 5.75 Å². The highest BCUT2D eigenvalue weighted by Crippen LogP contribution is 2.26. The Bertz CT molecular complexity index is 705. The van der Waals surface area contributed by atoms with Crippen LogP contribution in [0.3, 0.4) is 0 Å². The Morgan fingerprint density at radius 3 is 2.48 bits per heavy atom. The first-order chi connectivity index (χ1) is 12.0. The average Bonchev–Trinajstić information content (AvgIpc) is 2.63. The van der Waals surface area contributed by atoms with E-state index < -0.39 is 6.10 Å². The molecule has 4 nitrogen and oxygen atoms in total. The molecule has 0 radical (unpaired) electrons. The summed E-state index contributed by atoms with van der Waals surface area (Å²) < 4.78 is 18.7. The first-order valence-corrected chi connectivity index (χ1v) is 8.51. The summed E-state index contributed by atoms with van der Waals surface area (Å²) in [6.45, 7) is 4.02. The number of carbonyl (C=O) groups excluding carboxylic acids is 1. The van der Waals surface area contributed by atoms with Crippen LogP contribution in [0.15, 0.2) is 54.6 Å². The molecule has 0 unspecified atom stereocenters. The topological polar surface area (TPSA) is 32.8 Å². The van der Waals surface area contributed by atoms with Gasteiger partial charge in [0.15, 0.2) is 6.10 Å². The normalized spacial score (nSPS) is 19.5. The van der Waals surface area contributed by atoms with Crippen LogP contribution in [-0.2, 0) is 4.79 Å². The second-order valence-corrected chi connectivity index (χ2v) is 6.43. The third kappa shape index (κ3) is 4.17. The summed E-state index contributed by atoms with van der Waals surface area (Å²) in [4.78, 5) is 17.1. The highest BCUT2D eigenvalue weighted by atomic mass is 19.1. The summed E-state index contributed by atoms with van der Waals surface area (Å²) >= 11 is 0. The Kier molecular flexibility index (Phi) is 5.34. The van der Waals surface area contributed by atoms with Crippen molar-refractivity contribution in [2.24, 2.45) is 0 Å². The third-order valence-corrected chi connectivity index (χ3v) is 4.53. The van der Waals surface area contributed by atoms with Crippen molar-refractivity contribution in [1.29, 1.82) is 0 Å². The molecule has 2 atom stereocenters. The van der Waals surface area contributed by atoms with Crippen LogP contribution < -0.4 is 4.74 Å². The van der Waals surface area contributed by atoms with E-state index in [1.54, 1.807) is 6.92 Å². The van der Waals surface area contributed by atoms with Gasteiger partial charge in [0, 0.05) is 19.6 Å². The van der Waals surface area contributed by atoms with Gasteiger partial charge in [-0.3, -0.25) is 4.79 Å². The van der Waals surface area contributed by atoms with Gasteiger partial charge in [0.1, 0.15) is 11.6 Å². The molecule has 1 saturated heterocycles. The number of ether oxygens (including phenoxy) is 1. The Hall–Kier alpha value is -2.40. The molecule has 0 spiro atoms. The van der Waals surface area contributed by atoms with Crippen molar-refractivity contribution in [3.05, 3.63) is 66.0 Å². The minimum Gasteiger partial charge on any atom is -0.481 e. The number of carbonyl (C=O) groups is 1.